The molecule has 1 aromatic carbocycles. The number of nitrogens with zero attached hydrogens (tertiary/aromatic N) is 1. The summed E-state index contributed by atoms with van der Waals surface area (Å²) in [7, 11) is -4.67. The van der Waals surface area contributed by atoms with E-state index in [1.54, 1.807) is 25.3 Å². The Hall–Kier alpha value is -3.08. The largest absolute Gasteiger partial charge is 0.506 e. The molecule has 1 aliphatic carbocycles. The average molecular weight is 623 g/mol. The predicted octanol–water partition coefficient (Wildman–Crippen LogP) is -3.04. The second kappa shape index (κ2) is 14.9. The number of para-hydroxylation sites is 1. The van der Waals surface area contributed by atoms with Gasteiger partial charge in [-0.3, -0.25) is 19.5 Å². The van der Waals surface area contributed by atoms with Gasteiger partial charge in [-0.15, -0.1) is 0 Å². The number of aliphatic hydroxyl groups excluding tert-OH is 5. The van der Waals surface area contributed by atoms with Crippen LogP contribution < -0.4 is 11.1 Å². The molecule has 18 nitrogen and oxygen atoms in total. The fourth-order valence-electron chi connectivity index (χ4n) is 4.16. The molecule has 0 spiro atoms. The van der Waals surface area contributed by atoms with E-state index in [1.807, 2.05) is 18.2 Å². The molecular weight excluding hydrogens is 588 g/mol. The number of benzene rings is 1. The van der Waals surface area contributed by atoms with Gasteiger partial charge in [-0.05, 0) is 25.5 Å². The van der Waals surface area contributed by atoms with Crippen molar-refractivity contribution in [3.8, 4) is 5.75 Å². The van der Waals surface area contributed by atoms with Crippen LogP contribution in [0.2, 0.25) is 0 Å². The lowest BCUT2D eigenvalue weighted by Crippen LogP contribution is -2.66. The van der Waals surface area contributed by atoms with Gasteiger partial charge < -0.3 is 56.3 Å². The van der Waals surface area contributed by atoms with Crippen LogP contribution in [0.4, 0.5) is 0 Å². The lowest BCUT2D eigenvalue weighted by molar-refractivity contribution is -0.293. The monoisotopic (exact) mass is 622 g/mol. The molecule has 2 heterocycles. The van der Waals surface area contributed by atoms with Gasteiger partial charge in [-0.1, -0.05) is 18.2 Å². The standard InChI is InChI=1S/C14H25N3O9.C9H7NO.H2O4S/c1-3-5(17-12(16)13(23)24)2-4(15)14(25-3)26-11-9(21)7(19)6(18)8(20)10(11)22;11-8-5-1-3-7-4-2-6-10-9(7)8;1-5(2,3)4/h3-11,14,18-22H,2,15H2,1H3,(H2,16,17)(H,23,24);1-6,11H;(H2,1,2,3,4)/t3-,4+,5+,6-,7+,8+,9-,10+,11+,14-;;/m1../s1. The minimum Gasteiger partial charge on any atom is -0.506 e. The normalized spacial score (nSPS) is 32.9. The number of rotatable bonds is 3. The van der Waals surface area contributed by atoms with Crippen LogP contribution in [0.15, 0.2) is 36.5 Å². The van der Waals surface area contributed by atoms with Gasteiger partial charge in [0.2, 0.25) is 5.84 Å². The summed E-state index contributed by atoms with van der Waals surface area (Å²) in [6, 6.07) is 7.74. The summed E-state index contributed by atoms with van der Waals surface area (Å²) < 4.78 is 42.6. The Labute approximate surface area is 239 Å². The number of phenolic OH excluding ortho intramolecular Hbond substituents is 1. The first-order chi connectivity index (χ1) is 19.4. The van der Waals surface area contributed by atoms with E-state index in [0.29, 0.717) is 5.52 Å². The van der Waals surface area contributed by atoms with Crippen LogP contribution in [-0.2, 0) is 24.7 Å². The first-order valence-corrected chi connectivity index (χ1v) is 13.6. The maximum absolute atomic E-state index is 10.7. The molecule has 2 aromatic rings. The number of aliphatic hydroxyl groups is 5. The van der Waals surface area contributed by atoms with Gasteiger partial charge in [0, 0.05) is 11.6 Å². The molecule has 13 N–H and O–H groups in total. The number of aliphatic carboxylic acids is 1. The van der Waals surface area contributed by atoms with Crippen LogP contribution >= 0.6 is 0 Å². The number of fused-ring (bicyclic) bond motifs is 1. The van der Waals surface area contributed by atoms with Crippen molar-refractivity contribution in [2.24, 2.45) is 5.73 Å². The van der Waals surface area contributed by atoms with Gasteiger partial charge in [0.1, 0.15) is 47.9 Å². The van der Waals surface area contributed by atoms with E-state index in [1.165, 1.54) is 0 Å². The van der Waals surface area contributed by atoms with E-state index in [4.69, 9.17) is 43.2 Å². The number of aromatic hydroxyl groups is 1. The molecular formula is C23H34N4O14S. The maximum atomic E-state index is 10.7. The van der Waals surface area contributed by atoms with Crippen LogP contribution in [0.3, 0.4) is 0 Å². The van der Waals surface area contributed by atoms with E-state index in [9.17, 15) is 35.4 Å². The van der Waals surface area contributed by atoms with Gasteiger partial charge in [0.05, 0.1) is 18.2 Å². The molecule has 4 rings (SSSR count). The Kier molecular flexibility index (Phi) is 12.4. The lowest BCUT2D eigenvalue weighted by atomic mass is 9.84. The summed E-state index contributed by atoms with van der Waals surface area (Å²) in [6.07, 6.45) is -9.98. The average Bonchev–Trinajstić information content (AvgIpc) is 2.91. The first-order valence-electron chi connectivity index (χ1n) is 12.2. The molecule has 236 valence electrons. The van der Waals surface area contributed by atoms with Crippen molar-refractivity contribution < 1.29 is 67.5 Å². The zero-order valence-electron chi connectivity index (χ0n) is 21.9. The predicted molar refractivity (Wildman–Crippen MR) is 142 cm³/mol. The minimum absolute atomic E-state index is 0.161. The fraction of sp³-hybridized carbons (Fsp3) is 0.522. The molecule has 19 heteroatoms. The van der Waals surface area contributed by atoms with Crippen LogP contribution in [-0.4, -0.2) is 131 Å². The number of carboxylic acid groups (broad SMARTS) is 1. The zero-order chi connectivity index (χ0) is 31.9. The number of hydrogen-bond acceptors (Lipinski definition) is 14. The highest BCUT2D eigenvalue weighted by Gasteiger charge is 2.51. The number of nitrogens with one attached hydrogen (secondary N) is 2. The quantitative estimate of drug-likeness (QED) is 0.0919. The number of ether oxygens (including phenoxy) is 2. The van der Waals surface area contributed by atoms with Crippen molar-refractivity contribution in [1.82, 2.24) is 10.3 Å². The molecule has 0 unspecified atom stereocenters. The molecule has 2 fully saturated rings. The van der Waals surface area contributed by atoms with Crippen molar-refractivity contribution >= 4 is 33.1 Å². The smallest absolute Gasteiger partial charge is 0.394 e. The molecule has 2 aliphatic rings. The number of hydrogen-bond donors (Lipinski definition) is 12. The van der Waals surface area contributed by atoms with E-state index in [2.05, 4.69) is 10.3 Å². The molecule has 1 saturated carbocycles. The van der Waals surface area contributed by atoms with Crippen molar-refractivity contribution in [2.75, 3.05) is 0 Å². The molecule has 1 saturated heterocycles. The molecule has 1 aliphatic heterocycles. The van der Waals surface area contributed by atoms with Gasteiger partial charge >= 0.3 is 16.4 Å². The van der Waals surface area contributed by atoms with Crippen LogP contribution in [0.1, 0.15) is 13.3 Å². The number of aromatic nitrogens is 1. The van der Waals surface area contributed by atoms with E-state index < -0.39 is 83.3 Å². The number of amidine groups is 1. The van der Waals surface area contributed by atoms with Crippen molar-refractivity contribution in [3.05, 3.63) is 36.5 Å². The summed E-state index contributed by atoms with van der Waals surface area (Å²) in [5, 5.41) is 77.9. The van der Waals surface area contributed by atoms with Crippen molar-refractivity contribution in [1.29, 1.82) is 5.41 Å². The Morgan fingerprint density at radius 2 is 1.57 bits per heavy atom. The third-order valence-electron chi connectivity index (χ3n) is 6.31. The highest BCUT2D eigenvalue weighted by molar-refractivity contribution is 7.79. The number of carboxylic acids is 1. The molecule has 0 amide bonds. The summed E-state index contributed by atoms with van der Waals surface area (Å²) in [4.78, 5) is 14.8. The lowest BCUT2D eigenvalue weighted by Gasteiger charge is -2.45. The number of pyridine rings is 1. The number of nitrogens with two attached hydrogens (primary N) is 1. The molecule has 10 atom stereocenters. The topological polar surface area (TPSA) is 327 Å². The first kappa shape index (κ1) is 35.1. The third kappa shape index (κ3) is 9.74. The SMILES string of the molecule is C[C@H]1O[C@H](O[C@H]2[C@H](O)[C@@H](O)[C@@H](O)[C@H](O)[C@@H]2O)[C@@H](N)C[C@@H]1NC(=N)C(=O)O.O=S(=O)(O)O.Oc1cccc2cccnc12. The maximum Gasteiger partial charge on any atom is 0.394 e. The number of phenols is 1. The van der Waals surface area contributed by atoms with E-state index in [-0.39, 0.29) is 12.2 Å². The summed E-state index contributed by atoms with van der Waals surface area (Å²) in [5.41, 5.74) is 6.60. The highest BCUT2D eigenvalue weighted by Crippen LogP contribution is 2.28. The Balaban J connectivity index is 0.000000313. The number of carbonyl (C=O) groups is 1. The van der Waals surface area contributed by atoms with Crippen molar-refractivity contribution in [2.45, 2.75) is 74.4 Å². The van der Waals surface area contributed by atoms with Gasteiger partial charge in [0.25, 0.3) is 0 Å². The molecule has 42 heavy (non-hydrogen) atoms. The minimum atomic E-state index is -4.67. The highest BCUT2D eigenvalue weighted by atomic mass is 32.3. The molecule has 1 aromatic heterocycles. The van der Waals surface area contributed by atoms with Crippen LogP contribution in [0.25, 0.3) is 10.9 Å². The van der Waals surface area contributed by atoms with Gasteiger partial charge in [0.15, 0.2) is 6.29 Å². The summed E-state index contributed by atoms with van der Waals surface area (Å²) in [6.45, 7) is 1.59. The van der Waals surface area contributed by atoms with E-state index >= 15 is 0 Å². The van der Waals surface area contributed by atoms with Gasteiger partial charge in [-0.2, -0.15) is 8.42 Å². The Bertz CT molecular complexity index is 1290. The summed E-state index contributed by atoms with van der Waals surface area (Å²) >= 11 is 0. The molecule has 0 bridgehead atoms. The summed E-state index contributed by atoms with van der Waals surface area (Å²) in [5.74, 6) is -1.90. The molecule has 0 radical (unpaired) electrons. The fourth-order valence-corrected chi connectivity index (χ4v) is 4.16. The van der Waals surface area contributed by atoms with Crippen LogP contribution in [0.5, 0.6) is 5.75 Å². The third-order valence-corrected chi connectivity index (χ3v) is 6.31. The van der Waals surface area contributed by atoms with E-state index in [0.717, 1.165) is 5.39 Å². The Morgan fingerprint density at radius 1 is 1.05 bits per heavy atom. The van der Waals surface area contributed by atoms with Crippen molar-refractivity contribution in [3.63, 3.8) is 0 Å². The second-order valence-electron chi connectivity index (χ2n) is 9.39. The van der Waals surface area contributed by atoms with Gasteiger partial charge in [-0.25, -0.2) is 4.79 Å². The Morgan fingerprint density at radius 3 is 2.10 bits per heavy atom. The zero-order valence-corrected chi connectivity index (χ0v) is 22.8. The van der Waals surface area contributed by atoms with Crippen LogP contribution in [0, 0.1) is 5.41 Å². The second-order valence-corrected chi connectivity index (χ2v) is 10.3.